The molecule has 0 spiro atoms. The highest BCUT2D eigenvalue weighted by Crippen LogP contribution is 2.66. The Morgan fingerprint density at radius 1 is 1.42 bits per heavy atom. The molecule has 0 aromatic heterocycles. The summed E-state index contributed by atoms with van der Waals surface area (Å²) in [5.41, 5.74) is 0.792. The molecule has 0 atom stereocenters. The van der Waals surface area contributed by atoms with Gasteiger partial charge in [0.15, 0.2) is 0 Å². The van der Waals surface area contributed by atoms with E-state index in [1.165, 1.54) is 19.3 Å². The van der Waals surface area contributed by atoms with Gasteiger partial charge in [-0.1, -0.05) is 19.8 Å². The van der Waals surface area contributed by atoms with Crippen molar-refractivity contribution in [2.24, 2.45) is 11.3 Å². The first kappa shape index (κ1) is 8.13. The van der Waals surface area contributed by atoms with Gasteiger partial charge < -0.3 is 5.32 Å². The molecule has 1 heteroatoms. The van der Waals surface area contributed by atoms with Crippen molar-refractivity contribution in [1.82, 2.24) is 5.32 Å². The van der Waals surface area contributed by atoms with Crippen LogP contribution in [0.15, 0.2) is 0 Å². The average Bonchev–Trinajstić information content (AvgIpc) is 1.82. The Labute approximate surface area is 74.9 Å². The fourth-order valence-electron chi connectivity index (χ4n) is 2.55. The Morgan fingerprint density at radius 3 is 2.42 bits per heavy atom. The SMILES string of the molecule is C#CC12CC(NCC(C)C)(C1)C2. The van der Waals surface area contributed by atoms with Crippen molar-refractivity contribution in [3.63, 3.8) is 0 Å². The zero-order valence-electron chi connectivity index (χ0n) is 7.98. The van der Waals surface area contributed by atoms with Crippen LogP contribution in [0.25, 0.3) is 0 Å². The fraction of sp³-hybridized carbons (Fsp3) is 0.818. The lowest BCUT2D eigenvalue weighted by atomic mass is 9.40. The molecule has 0 aromatic carbocycles. The van der Waals surface area contributed by atoms with E-state index in [0.29, 0.717) is 11.0 Å². The van der Waals surface area contributed by atoms with Crippen LogP contribution in [0, 0.1) is 23.7 Å². The highest BCUT2D eigenvalue weighted by Gasteiger charge is 2.66. The van der Waals surface area contributed by atoms with Crippen LogP contribution in [0.5, 0.6) is 0 Å². The van der Waals surface area contributed by atoms with Crippen LogP contribution in [0.3, 0.4) is 0 Å². The Balaban J connectivity index is 1.78. The lowest BCUT2D eigenvalue weighted by Gasteiger charge is -2.68. The van der Waals surface area contributed by atoms with Crippen LogP contribution >= 0.6 is 0 Å². The van der Waals surface area contributed by atoms with Crippen molar-refractivity contribution >= 4 is 0 Å². The van der Waals surface area contributed by atoms with Gasteiger partial charge in [0.25, 0.3) is 0 Å². The minimum absolute atomic E-state index is 0.323. The summed E-state index contributed by atoms with van der Waals surface area (Å²) in [6.45, 7) is 5.63. The normalized spacial score (nSPS) is 43.2. The lowest BCUT2D eigenvalue weighted by molar-refractivity contribution is -0.109. The fourth-order valence-corrected chi connectivity index (χ4v) is 2.55. The molecule has 3 fully saturated rings. The molecule has 0 radical (unpaired) electrons. The van der Waals surface area contributed by atoms with Crippen LogP contribution in [-0.2, 0) is 0 Å². The summed E-state index contributed by atoms with van der Waals surface area (Å²) >= 11 is 0. The van der Waals surface area contributed by atoms with Gasteiger partial charge in [-0.2, -0.15) is 0 Å². The van der Waals surface area contributed by atoms with Crippen molar-refractivity contribution < 1.29 is 0 Å². The predicted octanol–water partition coefficient (Wildman–Crippen LogP) is 1.79. The van der Waals surface area contributed by atoms with E-state index in [1.54, 1.807) is 0 Å². The third kappa shape index (κ3) is 0.983. The van der Waals surface area contributed by atoms with Crippen LogP contribution in [-0.4, -0.2) is 12.1 Å². The van der Waals surface area contributed by atoms with E-state index in [4.69, 9.17) is 6.42 Å². The van der Waals surface area contributed by atoms with Crippen molar-refractivity contribution in [3.05, 3.63) is 0 Å². The van der Waals surface area contributed by atoms with Crippen LogP contribution < -0.4 is 5.32 Å². The Hall–Kier alpha value is -0.480. The molecule has 0 amide bonds. The first-order valence-electron chi connectivity index (χ1n) is 4.83. The zero-order chi connectivity index (χ0) is 8.82. The van der Waals surface area contributed by atoms with Gasteiger partial charge in [-0.25, -0.2) is 0 Å². The Morgan fingerprint density at radius 2 is 2.00 bits per heavy atom. The average molecular weight is 163 g/mol. The first-order chi connectivity index (χ1) is 5.60. The molecule has 3 aliphatic carbocycles. The van der Waals surface area contributed by atoms with Gasteiger partial charge in [-0.15, -0.1) is 6.42 Å². The number of hydrogen-bond acceptors (Lipinski definition) is 1. The standard InChI is InChI=1S/C11H17N/c1-4-10-6-11(7-10,8-10)12-5-9(2)3/h1,9,12H,5-8H2,2-3H3. The minimum atomic E-state index is 0.323. The number of terminal acetylenes is 1. The zero-order valence-corrected chi connectivity index (χ0v) is 7.98. The molecule has 3 rings (SSSR count). The maximum absolute atomic E-state index is 5.44. The summed E-state index contributed by atoms with van der Waals surface area (Å²) in [5, 5.41) is 3.62. The third-order valence-corrected chi connectivity index (χ3v) is 3.22. The van der Waals surface area contributed by atoms with Crippen molar-refractivity contribution in [2.75, 3.05) is 6.54 Å². The summed E-state index contributed by atoms with van der Waals surface area (Å²) in [4.78, 5) is 0. The van der Waals surface area contributed by atoms with Crippen LogP contribution in [0.4, 0.5) is 0 Å². The van der Waals surface area contributed by atoms with Crippen LogP contribution in [0.2, 0.25) is 0 Å². The van der Waals surface area contributed by atoms with Gasteiger partial charge in [-0.05, 0) is 31.7 Å². The van der Waals surface area contributed by atoms with Gasteiger partial charge >= 0.3 is 0 Å². The molecule has 2 bridgehead atoms. The number of rotatable bonds is 3. The molecule has 1 N–H and O–H groups in total. The third-order valence-electron chi connectivity index (χ3n) is 3.22. The molecule has 0 heterocycles. The van der Waals surface area contributed by atoms with E-state index in [9.17, 15) is 0 Å². The van der Waals surface area contributed by atoms with E-state index in [2.05, 4.69) is 25.1 Å². The highest BCUT2D eigenvalue weighted by atomic mass is 15.1. The maximum Gasteiger partial charge on any atom is 0.0364 e. The van der Waals surface area contributed by atoms with Crippen molar-refractivity contribution in [3.8, 4) is 12.3 Å². The summed E-state index contributed by atoms with van der Waals surface area (Å²) in [7, 11) is 0. The number of nitrogens with one attached hydrogen (secondary N) is 1. The predicted molar refractivity (Wildman–Crippen MR) is 50.7 cm³/mol. The lowest BCUT2D eigenvalue weighted by Crippen LogP contribution is -2.73. The summed E-state index contributed by atoms with van der Waals surface area (Å²) in [6, 6.07) is 0. The Bertz CT molecular complexity index is 214. The molecule has 3 aliphatic rings. The van der Waals surface area contributed by atoms with Crippen molar-refractivity contribution in [2.45, 2.75) is 38.6 Å². The van der Waals surface area contributed by atoms with E-state index < -0.39 is 0 Å². The first-order valence-corrected chi connectivity index (χ1v) is 4.83. The molecule has 0 saturated heterocycles. The molecule has 0 aromatic rings. The molecule has 66 valence electrons. The quantitative estimate of drug-likeness (QED) is 0.625. The van der Waals surface area contributed by atoms with Gasteiger partial charge in [0.2, 0.25) is 0 Å². The van der Waals surface area contributed by atoms with Gasteiger partial charge in [-0.3, -0.25) is 0 Å². The van der Waals surface area contributed by atoms with E-state index >= 15 is 0 Å². The molecule has 0 aliphatic heterocycles. The maximum atomic E-state index is 5.44. The molecule has 12 heavy (non-hydrogen) atoms. The molecule has 0 unspecified atom stereocenters. The van der Waals surface area contributed by atoms with E-state index in [1.807, 2.05) is 0 Å². The Kier molecular flexibility index (Phi) is 1.53. The molecular formula is C11H17N. The summed E-state index contributed by atoms with van der Waals surface area (Å²) < 4.78 is 0. The van der Waals surface area contributed by atoms with Gasteiger partial charge in [0.05, 0.1) is 0 Å². The topological polar surface area (TPSA) is 12.0 Å². The minimum Gasteiger partial charge on any atom is -0.311 e. The molecular weight excluding hydrogens is 146 g/mol. The monoisotopic (exact) mass is 163 g/mol. The number of hydrogen-bond donors (Lipinski definition) is 1. The largest absolute Gasteiger partial charge is 0.311 e. The summed E-state index contributed by atoms with van der Waals surface area (Å²) in [5.74, 6) is 3.67. The molecule has 1 nitrogen and oxygen atoms in total. The second-order valence-corrected chi connectivity index (χ2v) is 5.01. The van der Waals surface area contributed by atoms with Gasteiger partial charge in [0.1, 0.15) is 0 Å². The second kappa shape index (κ2) is 2.26. The van der Waals surface area contributed by atoms with E-state index in [-0.39, 0.29) is 0 Å². The molecule has 3 saturated carbocycles. The highest BCUT2D eigenvalue weighted by molar-refractivity contribution is 5.32. The van der Waals surface area contributed by atoms with Crippen LogP contribution in [0.1, 0.15) is 33.1 Å². The van der Waals surface area contributed by atoms with Crippen molar-refractivity contribution in [1.29, 1.82) is 0 Å². The van der Waals surface area contributed by atoms with E-state index in [0.717, 1.165) is 12.5 Å². The van der Waals surface area contributed by atoms with Gasteiger partial charge in [0, 0.05) is 11.0 Å². The second-order valence-electron chi connectivity index (χ2n) is 5.01. The smallest absolute Gasteiger partial charge is 0.0364 e. The summed E-state index contributed by atoms with van der Waals surface area (Å²) in [6.07, 6.45) is 9.12.